The topological polar surface area (TPSA) is 103 Å². The van der Waals surface area contributed by atoms with Gasteiger partial charge >= 0.3 is 0 Å². The van der Waals surface area contributed by atoms with Crippen LogP contribution in [0.3, 0.4) is 0 Å². The number of aliphatic hydroxyl groups excluding tert-OH is 1. The van der Waals surface area contributed by atoms with E-state index in [0.717, 1.165) is 11.1 Å². The first-order chi connectivity index (χ1) is 18.2. The zero-order valence-corrected chi connectivity index (χ0v) is 21.6. The molecular formula is C27H29B2FN5O3. The molecule has 3 N–H and O–H groups in total. The summed E-state index contributed by atoms with van der Waals surface area (Å²) in [6.45, 7) is 5.98. The van der Waals surface area contributed by atoms with Gasteiger partial charge in [0.25, 0.3) is 0 Å². The molecule has 0 bridgehead atoms. The lowest BCUT2D eigenvalue weighted by atomic mass is 9.53. The zero-order chi connectivity index (χ0) is 27.0. The summed E-state index contributed by atoms with van der Waals surface area (Å²) in [4.78, 5) is 20.3. The first-order valence-electron chi connectivity index (χ1n) is 12.7. The molecule has 4 atom stereocenters. The van der Waals surface area contributed by atoms with E-state index in [1.54, 1.807) is 29.2 Å². The van der Waals surface area contributed by atoms with Gasteiger partial charge in [0.15, 0.2) is 5.66 Å². The molecular weight excluding hydrogens is 483 g/mol. The van der Waals surface area contributed by atoms with E-state index >= 15 is 0 Å². The van der Waals surface area contributed by atoms with Crippen LogP contribution in [0.2, 0.25) is 0 Å². The molecule has 0 spiro atoms. The van der Waals surface area contributed by atoms with E-state index < -0.39 is 23.7 Å². The predicted octanol–water partition coefficient (Wildman–Crippen LogP) is 1.97. The van der Waals surface area contributed by atoms with Crippen LogP contribution < -0.4 is 16.4 Å². The summed E-state index contributed by atoms with van der Waals surface area (Å²) in [5.74, 6) is -0.119. The SMILES string of the molecule is [B][B]c1cc(C(C(=O)N2CC(O)CC2C2=NC(C)(c3ccc(-c4ccccc4F)cc3)NN2)C(C)C)on1. The summed E-state index contributed by atoms with van der Waals surface area (Å²) < 4.78 is 19.7. The first-order valence-corrected chi connectivity index (χ1v) is 12.7. The van der Waals surface area contributed by atoms with Gasteiger partial charge in [-0.1, -0.05) is 61.5 Å². The lowest BCUT2D eigenvalue weighted by molar-refractivity contribution is -0.134. The third-order valence-corrected chi connectivity index (χ3v) is 7.24. The van der Waals surface area contributed by atoms with Crippen molar-refractivity contribution in [3.05, 3.63) is 71.7 Å². The lowest BCUT2D eigenvalue weighted by Crippen LogP contribution is -2.49. The number of halogens is 1. The number of β-amino-alcohol motifs (C(OH)–C–C–N with tert-alkyl or cyclic N) is 1. The fourth-order valence-corrected chi connectivity index (χ4v) is 5.21. The lowest BCUT2D eigenvalue weighted by Gasteiger charge is -2.29. The molecule has 3 aromatic rings. The van der Waals surface area contributed by atoms with Crippen molar-refractivity contribution in [1.29, 1.82) is 0 Å². The Balaban J connectivity index is 1.39. The van der Waals surface area contributed by atoms with Crippen molar-refractivity contribution >= 4 is 32.2 Å². The van der Waals surface area contributed by atoms with Gasteiger partial charge in [0, 0.05) is 31.9 Å². The van der Waals surface area contributed by atoms with Crippen molar-refractivity contribution in [2.45, 2.75) is 50.9 Å². The number of hydrogen-bond donors (Lipinski definition) is 3. The van der Waals surface area contributed by atoms with Gasteiger partial charge in [0.05, 0.1) is 12.1 Å². The first kappa shape index (κ1) is 26.2. The number of nitrogens with zero attached hydrogens (tertiary/aromatic N) is 3. The van der Waals surface area contributed by atoms with Crippen LogP contribution in [0, 0.1) is 11.7 Å². The molecule has 1 aromatic heterocycles. The van der Waals surface area contributed by atoms with E-state index in [-0.39, 0.29) is 24.2 Å². The van der Waals surface area contributed by atoms with Crippen LogP contribution in [-0.2, 0) is 10.5 Å². The van der Waals surface area contributed by atoms with E-state index in [1.807, 2.05) is 45.0 Å². The Morgan fingerprint density at radius 3 is 2.66 bits per heavy atom. The van der Waals surface area contributed by atoms with E-state index in [4.69, 9.17) is 17.3 Å². The average Bonchev–Trinajstić information content (AvgIpc) is 3.63. The molecule has 2 aliphatic rings. The van der Waals surface area contributed by atoms with Crippen LogP contribution in [-0.4, -0.2) is 60.5 Å². The number of likely N-dealkylation sites (tertiary alicyclic amines) is 1. The Bertz CT molecular complexity index is 1350. The second kappa shape index (κ2) is 10.4. The predicted molar refractivity (Wildman–Crippen MR) is 144 cm³/mol. The van der Waals surface area contributed by atoms with Crippen LogP contribution in [0.25, 0.3) is 11.1 Å². The molecule has 3 radical (unpaired) electrons. The van der Waals surface area contributed by atoms with Crippen LogP contribution in [0.4, 0.5) is 4.39 Å². The third kappa shape index (κ3) is 4.88. The largest absolute Gasteiger partial charge is 0.391 e. The van der Waals surface area contributed by atoms with Crippen molar-refractivity contribution in [3.63, 3.8) is 0 Å². The Hall–Kier alpha value is -3.43. The Morgan fingerprint density at radius 1 is 1.26 bits per heavy atom. The van der Waals surface area contributed by atoms with E-state index in [9.17, 15) is 14.3 Å². The second-order valence-corrected chi connectivity index (χ2v) is 10.3. The minimum absolute atomic E-state index is 0.0747. The van der Waals surface area contributed by atoms with E-state index in [1.165, 1.54) is 13.2 Å². The molecule has 38 heavy (non-hydrogen) atoms. The van der Waals surface area contributed by atoms with Gasteiger partial charge in [-0.3, -0.25) is 4.79 Å². The zero-order valence-electron chi connectivity index (χ0n) is 21.6. The molecule has 4 unspecified atom stereocenters. The standard InChI is InChI=1S/C27H29B2FN5O3/c1-15(2)24(22-13-23(29-28)33-38-22)26(37)35-14-18(36)12-21(35)25-31-27(3,34-32-25)17-10-8-16(9-11-17)19-6-4-5-7-20(19)30/h4-11,13,15,18,21,24,34,36H,12,14H2,1-3H3,(H,31,32). The van der Waals surface area contributed by atoms with Crippen LogP contribution in [0.1, 0.15) is 44.4 Å². The molecule has 1 saturated heterocycles. The summed E-state index contributed by atoms with van der Waals surface area (Å²) in [5, 5.41) is 14.4. The van der Waals surface area contributed by atoms with Crippen LogP contribution >= 0.6 is 0 Å². The third-order valence-electron chi connectivity index (χ3n) is 7.24. The Labute approximate surface area is 223 Å². The number of rotatable bonds is 7. The van der Waals surface area contributed by atoms with Crippen LogP contribution in [0.5, 0.6) is 0 Å². The highest BCUT2D eigenvalue weighted by molar-refractivity contribution is 6.97. The summed E-state index contributed by atoms with van der Waals surface area (Å²) in [6, 6.07) is 15.4. The molecule has 2 aliphatic heterocycles. The number of aromatic nitrogens is 1. The number of aliphatic imine (C=N–C) groups is 1. The maximum absolute atomic E-state index is 14.2. The van der Waals surface area contributed by atoms with Gasteiger partial charge in [-0.05, 0) is 36.1 Å². The van der Waals surface area contributed by atoms with Gasteiger partial charge in [-0.15, -0.1) is 0 Å². The van der Waals surface area contributed by atoms with E-state index in [0.29, 0.717) is 29.2 Å². The monoisotopic (exact) mass is 512 g/mol. The number of amidine groups is 1. The van der Waals surface area contributed by atoms with Gasteiger partial charge in [0.2, 0.25) is 5.91 Å². The molecule has 0 aliphatic carbocycles. The van der Waals surface area contributed by atoms with Crippen molar-refractivity contribution in [2.24, 2.45) is 10.9 Å². The molecule has 8 nitrogen and oxygen atoms in total. The van der Waals surface area contributed by atoms with Crippen LogP contribution in [0.15, 0.2) is 64.1 Å². The normalized spacial score (nSPS) is 23.8. The van der Waals surface area contributed by atoms with Gasteiger partial charge in [-0.2, -0.15) is 0 Å². The quantitative estimate of drug-likeness (QED) is 0.419. The molecule has 5 rings (SSSR count). The molecule has 2 aromatic carbocycles. The number of aliphatic hydroxyl groups is 1. The van der Waals surface area contributed by atoms with Crippen molar-refractivity contribution in [3.8, 4) is 11.1 Å². The summed E-state index contributed by atoms with van der Waals surface area (Å²) in [7, 11) is 6.88. The molecule has 1 fully saturated rings. The molecule has 11 heteroatoms. The fourth-order valence-electron chi connectivity index (χ4n) is 5.21. The van der Waals surface area contributed by atoms with Gasteiger partial charge in [0.1, 0.15) is 30.5 Å². The summed E-state index contributed by atoms with van der Waals surface area (Å²) in [5.41, 5.74) is 8.17. The Morgan fingerprint density at radius 2 is 2.00 bits per heavy atom. The highest BCUT2D eigenvalue weighted by Crippen LogP contribution is 2.33. The average molecular weight is 512 g/mol. The number of benzene rings is 2. The highest BCUT2D eigenvalue weighted by atomic mass is 19.1. The van der Waals surface area contributed by atoms with Gasteiger partial charge < -0.3 is 20.0 Å². The van der Waals surface area contributed by atoms with Crippen molar-refractivity contribution < 1.29 is 18.8 Å². The Kier molecular flexibility index (Phi) is 7.15. The summed E-state index contributed by atoms with van der Waals surface area (Å²) in [6.07, 6.45) is -0.333. The second-order valence-electron chi connectivity index (χ2n) is 10.3. The highest BCUT2D eigenvalue weighted by Gasteiger charge is 2.45. The number of nitrogens with one attached hydrogen (secondary N) is 2. The number of hydrogen-bond acceptors (Lipinski definition) is 7. The van der Waals surface area contributed by atoms with Crippen molar-refractivity contribution in [1.82, 2.24) is 20.9 Å². The number of carbonyl (C=O) groups is 1. The number of amides is 1. The van der Waals surface area contributed by atoms with Gasteiger partial charge in [-0.25, -0.2) is 14.8 Å². The minimum Gasteiger partial charge on any atom is -0.391 e. The minimum atomic E-state index is -0.820. The molecule has 0 saturated carbocycles. The van der Waals surface area contributed by atoms with E-state index in [2.05, 4.69) is 16.0 Å². The molecule has 3 heterocycles. The number of hydrazine groups is 1. The van der Waals surface area contributed by atoms with Crippen molar-refractivity contribution in [2.75, 3.05) is 6.54 Å². The fraction of sp³-hybridized carbons (Fsp3) is 0.370. The summed E-state index contributed by atoms with van der Waals surface area (Å²) >= 11 is 0. The maximum Gasteiger partial charge on any atom is 0.234 e. The smallest absolute Gasteiger partial charge is 0.234 e. The molecule has 193 valence electrons. The number of carbonyl (C=O) groups excluding carboxylic acids is 1. The molecule has 1 amide bonds. The maximum atomic E-state index is 14.2.